The number of rotatable bonds is 4. The van der Waals surface area contributed by atoms with Gasteiger partial charge in [-0.3, -0.25) is 4.79 Å². The van der Waals surface area contributed by atoms with Gasteiger partial charge in [0.25, 0.3) is 5.91 Å². The molecule has 0 unspecified atom stereocenters. The average Bonchev–Trinajstić information content (AvgIpc) is 2.40. The van der Waals surface area contributed by atoms with Crippen molar-refractivity contribution in [3.05, 3.63) is 47.9 Å². The third-order valence-electron chi connectivity index (χ3n) is 2.33. The second-order valence-corrected chi connectivity index (χ2v) is 3.52. The van der Waals surface area contributed by atoms with Crippen molar-refractivity contribution in [2.24, 2.45) is 11.5 Å². The van der Waals surface area contributed by atoms with Crippen LogP contribution in [-0.4, -0.2) is 15.9 Å². The first-order valence-electron chi connectivity index (χ1n) is 5.28. The van der Waals surface area contributed by atoms with Crippen LogP contribution in [0.1, 0.15) is 15.9 Å². The van der Waals surface area contributed by atoms with Gasteiger partial charge in [0, 0.05) is 18.3 Å². The third kappa shape index (κ3) is 2.44. The number of aromatic nitrogens is 2. The molecular weight excluding hydrogens is 232 g/mol. The topological polar surface area (TPSA) is 104 Å². The molecule has 0 bridgehead atoms. The number of hydrogen-bond donors (Lipinski definition) is 2. The summed E-state index contributed by atoms with van der Waals surface area (Å²) < 4.78 is 5.56. The summed E-state index contributed by atoms with van der Waals surface area (Å²) in [4.78, 5) is 19.1. The number of hydrogen-bond acceptors (Lipinski definition) is 5. The van der Waals surface area contributed by atoms with E-state index in [-0.39, 0.29) is 6.54 Å². The molecule has 0 spiro atoms. The molecule has 0 saturated carbocycles. The molecular formula is C12H12N4O2. The molecule has 18 heavy (non-hydrogen) atoms. The summed E-state index contributed by atoms with van der Waals surface area (Å²) in [6.45, 7) is 0.245. The number of carbonyl (C=O) groups is 1. The molecule has 2 aromatic rings. The van der Waals surface area contributed by atoms with Crippen molar-refractivity contribution >= 4 is 5.91 Å². The highest BCUT2D eigenvalue weighted by molar-refractivity contribution is 5.95. The molecule has 0 aliphatic heterocycles. The van der Waals surface area contributed by atoms with E-state index in [4.69, 9.17) is 16.2 Å². The fraction of sp³-hybridized carbons (Fsp3) is 0.0833. The number of benzene rings is 1. The minimum absolute atomic E-state index is 0.245. The van der Waals surface area contributed by atoms with Crippen LogP contribution in [-0.2, 0) is 6.54 Å². The van der Waals surface area contributed by atoms with Crippen LogP contribution < -0.4 is 16.2 Å². The predicted molar refractivity (Wildman–Crippen MR) is 65.0 cm³/mol. The highest BCUT2D eigenvalue weighted by atomic mass is 16.5. The van der Waals surface area contributed by atoms with Gasteiger partial charge < -0.3 is 16.2 Å². The van der Waals surface area contributed by atoms with Crippen molar-refractivity contribution in [1.82, 2.24) is 9.97 Å². The van der Waals surface area contributed by atoms with Crippen molar-refractivity contribution in [3.8, 4) is 11.6 Å². The predicted octanol–water partition coefficient (Wildman–Crippen LogP) is 0.827. The highest BCUT2D eigenvalue weighted by Crippen LogP contribution is 2.25. The molecule has 1 heterocycles. The zero-order valence-electron chi connectivity index (χ0n) is 9.54. The fourth-order valence-electron chi connectivity index (χ4n) is 1.44. The van der Waals surface area contributed by atoms with Crippen molar-refractivity contribution in [2.45, 2.75) is 6.54 Å². The van der Waals surface area contributed by atoms with Crippen LogP contribution in [0.2, 0.25) is 0 Å². The summed E-state index contributed by atoms with van der Waals surface area (Å²) in [6, 6.07) is 6.67. The number of amides is 1. The van der Waals surface area contributed by atoms with E-state index in [2.05, 4.69) is 9.97 Å². The quantitative estimate of drug-likeness (QED) is 0.828. The lowest BCUT2D eigenvalue weighted by molar-refractivity contribution is 0.0998. The van der Waals surface area contributed by atoms with Crippen molar-refractivity contribution < 1.29 is 9.53 Å². The van der Waals surface area contributed by atoms with E-state index in [1.165, 1.54) is 6.33 Å². The minimum Gasteiger partial charge on any atom is -0.438 e. The average molecular weight is 244 g/mol. The molecule has 0 aliphatic carbocycles. The van der Waals surface area contributed by atoms with E-state index in [0.717, 1.165) is 0 Å². The molecule has 0 atom stereocenters. The lowest BCUT2D eigenvalue weighted by atomic mass is 10.2. The van der Waals surface area contributed by atoms with Crippen molar-refractivity contribution in [2.75, 3.05) is 0 Å². The number of carbonyl (C=O) groups excluding carboxylic acids is 1. The summed E-state index contributed by atoms with van der Waals surface area (Å²) in [5, 5.41) is 0. The number of ether oxygens (including phenoxy) is 1. The number of nitrogens with two attached hydrogens (primary N) is 2. The van der Waals surface area contributed by atoms with E-state index in [0.29, 0.717) is 22.8 Å². The summed E-state index contributed by atoms with van der Waals surface area (Å²) in [5.41, 5.74) is 11.8. The molecule has 0 aliphatic rings. The number of primary amides is 1. The molecule has 0 fully saturated rings. The van der Waals surface area contributed by atoms with Crippen LogP contribution in [0.5, 0.6) is 11.6 Å². The lowest BCUT2D eigenvalue weighted by Gasteiger charge is -2.10. The molecule has 1 aromatic carbocycles. The van der Waals surface area contributed by atoms with E-state index in [1.807, 2.05) is 0 Å². The summed E-state index contributed by atoms with van der Waals surface area (Å²) >= 11 is 0. The molecule has 0 saturated heterocycles. The Bertz CT molecular complexity index is 572. The van der Waals surface area contributed by atoms with Gasteiger partial charge in [-0.25, -0.2) is 9.97 Å². The number of para-hydroxylation sites is 1. The maximum absolute atomic E-state index is 11.3. The Hall–Kier alpha value is -2.47. The third-order valence-corrected chi connectivity index (χ3v) is 2.33. The van der Waals surface area contributed by atoms with Crippen LogP contribution >= 0.6 is 0 Å². The SMILES string of the molecule is NCc1cncnc1Oc1ccccc1C(N)=O. The fourth-order valence-corrected chi connectivity index (χ4v) is 1.44. The Kier molecular flexibility index (Phi) is 3.49. The monoisotopic (exact) mass is 244 g/mol. The molecule has 6 heteroatoms. The van der Waals surface area contributed by atoms with E-state index < -0.39 is 5.91 Å². The van der Waals surface area contributed by atoms with E-state index in [1.54, 1.807) is 30.5 Å². The second kappa shape index (κ2) is 5.24. The molecule has 1 amide bonds. The highest BCUT2D eigenvalue weighted by Gasteiger charge is 2.11. The summed E-state index contributed by atoms with van der Waals surface area (Å²) in [5.74, 6) is 0.105. The maximum atomic E-state index is 11.3. The zero-order chi connectivity index (χ0) is 13.0. The van der Waals surface area contributed by atoms with Crippen LogP contribution in [0, 0.1) is 0 Å². The lowest BCUT2D eigenvalue weighted by Crippen LogP contribution is -2.12. The minimum atomic E-state index is -0.561. The molecule has 1 aromatic heterocycles. The van der Waals surface area contributed by atoms with E-state index >= 15 is 0 Å². The Morgan fingerprint density at radius 2 is 2.11 bits per heavy atom. The molecule has 6 nitrogen and oxygen atoms in total. The molecule has 2 rings (SSSR count). The Morgan fingerprint density at radius 1 is 1.33 bits per heavy atom. The second-order valence-electron chi connectivity index (χ2n) is 3.52. The van der Waals surface area contributed by atoms with Gasteiger partial charge in [0.2, 0.25) is 5.88 Å². The van der Waals surface area contributed by atoms with Crippen molar-refractivity contribution in [3.63, 3.8) is 0 Å². The standard InChI is InChI=1S/C12H12N4O2/c13-5-8-6-15-7-16-12(8)18-10-4-2-1-3-9(10)11(14)17/h1-4,6-7H,5,13H2,(H2,14,17). The van der Waals surface area contributed by atoms with Crippen LogP contribution in [0.3, 0.4) is 0 Å². The maximum Gasteiger partial charge on any atom is 0.252 e. The molecule has 0 radical (unpaired) electrons. The summed E-state index contributed by atoms with van der Waals surface area (Å²) in [6.07, 6.45) is 2.91. The van der Waals surface area contributed by atoms with Gasteiger partial charge >= 0.3 is 0 Å². The Labute approximate surface area is 104 Å². The van der Waals surface area contributed by atoms with Gasteiger partial charge in [0.1, 0.15) is 12.1 Å². The van der Waals surface area contributed by atoms with Gasteiger partial charge in [-0.05, 0) is 12.1 Å². The summed E-state index contributed by atoms with van der Waals surface area (Å²) in [7, 11) is 0. The van der Waals surface area contributed by atoms with Crippen molar-refractivity contribution in [1.29, 1.82) is 0 Å². The van der Waals surface area contributed by atoms with Gasteiger partial charge in [-0.1, -0.05) is 12.1 Å². The van der Waals surface area contributed by atoms with Crippen LogP contribution in [0.25, 0.3) is 0 Å². The first kappa shape index (κ1) is 12.0. The van der Waals surface area contributed by atoms with Gasteiger partial charge in [0.15, 0.2) is 0 Å². The molecule has 4 N–H and O–H groups in total. The van der Waals surface area contributed by atoms with Gasteiger partial charge in [-0.2, -0.15) is 0 Å². The van der Waals surface area contributed by atoms with Crippen LogP contribution in [0.15, 0.2) is 36.8 Å². The van der Waals surface area contributed by atoms with Crippen LogP contribution in [0.4, 0.5) is 0 Å². The Morgan fingerprint density at radius 3 is 2.83 bits per heavy atom. The first-order valence-corrected chi connectivity index (χ1v) is 5.28. The zero-order valence-corrected chi connectivity index (χ0v) is 9.54. The Balaban J connectivity index is 2.37. The number of nitrogens with zero attached hydrogens (tertiary/aromatic N) is 2. The first-order chi connectivity index (χ1) is 8.72. The van der Waals surface area contributed by atoms with Gasteiger partial charge in [0.05, 0.1) is 5.56 Å². The van der Waals surface area contributed by atoms with Gasteiger partial charge in [-0.15, -0.1) is 0 Å². The smallest absolute Gasteiger partial charge is 0.252 e. The largest absolute Gasteiger partial charge is 0.438 e. The van der Waals surface area contributed by atoms with E-state index in [9.17, 15) is 4.79 Å². The normalized spacial score (nSPS) is 10.1. The molecule has 92 valence electrons.